The van der Waals surface area contributed by atoms with Gasteiger partial charge in [0.25, 0.3) is 0 Å². The molecule has 3 heterocycles. The Balaban J connectivity index is 1.34. The van der Waals surface area contributed by atoms with Gasteiger partial charge in [-0.25, -0.2) is 0 Å². The number of aromatic nitrogens is 1. The Bertz CT molecular complexity index is 619. The van der Waals surface area contributed by atoms with Crippen molar-refractivity contribution in [1.82, 2.24) is 20.1 Å². The molecule has 7 nitrogen and oxygen atoms in total. The summed E-state index contributed by atoms with van der Waals surface area (Å²) < 4.78 is 5.36. The molecule has 1 N–H and O–H groups in total. The molecule has 0 aromatic carbocycles. The maximum absolute atomic E-state index is 12.5. The summed E-state index contributed by atoms with van der Waals surface area (Å²) in [6, 6.07) is 5.89. The lowest BCUT2D eigenvalue weighted by molar-refractivity contribution is -0.138. The topological polar surface area (TPSA) is 74.8 Å². The van der Waals surface area contributed by atoms with Crippen LogP contribution in [-0.2, 0) is 20.7 Å². The van der Waals surface area contributed by atoms with E-state index in [0.29, 0.717) is 25.9 Å². The van der Waals surface area contributed by atoms with Crippen LogP contribution < -0.4 is 5.32 Å². The smallest absolute Gasteiger partial charge is 0.224 e. The lowest BCUT2D eigenvalue weighted by atomic mass is 9.96. The summed E-state index contributed by atoms with van der Waals surface area (Å²) >= 11 is 0. The van der Waals surface area contributed by atoms with E-state index in [0.717, 1.165) is 64.3 Å². The third-order valence-electron chi connectivity index (χ3n) is 5.51. The molecule has 1 atom stereocenters. The van der Waals surface area contributed by atoms with Crippen molar-refractivity contribution >= 4 is 11.8 Å². The SMILES string of the molecule is O=C(NCCCc1ccccn1)C1CCC(=O)N(CCCN2CCOCC2)C1. The zero-order valence-corrected chi connectivity index (χ0v) is 16.6. The number of carbonyl (C=O) groups is 2. The van der Waals surface area contributed by atoms with Crippen molar-refractivity contribution in [3.8, 4) is 0 Å². The lowest BCUT2D eigenvalue weighted by Crippen LogP contribution is -2.47. The van der Waals surface area contributed by atoms with Gasteiger partial charge in [-0.3, -0.25) is 19.5 Å². The molecule has 2 fully saturated rings. The standard InChI is InChI=1S/C21H32N4O3/c26-20-8-7-18(17-25(20)12-4-11-24-13-15-28-16-14-24)21(27)23-10-3-6-19-5-1-2-9-22-19/h1-2,5,9,18H,3-4,6-8,10-17H2,(H,23,27). The van der Waals surface area contributed by atoms with Gasteiger partial charge in [0.2, 0.25) is 11.8 Å². The molecule has 0 saturated carbocycles. The molecular weight excluding hydrogens is 356 g/mol. The van der Waals surface area contributed by atoms with Gasteiger partial charge < -0.3 is 15.0 Å². The normalized spacial score (nSPS) is 20.9. The van der Waals surface area contributed by atoms with Crippen molar-refractivity contribution in [2.45, 2.75) is 32.1 Å². The number of rotatable bonds is 9. The molecule has 3 rings (SSSR count). The summed E-state index contributed by atoms with van der Waals surface area (Å²) in [5, 5.41) is 3.04. The highest BCUT2D eigenvalue weighted by atomic mass is 16.5. The van der Waals surface area contributed by atoms with Crippen LogP contribution >= 0.6 is 0 Å². The largest absolute Gasteiger partial charge is 0.379 e. The summed E-state index contributed by atoms with van der Waals surface area (Å²) in [6.45, 7) is 6.45. The molecule has 154 valence electrons. The molecule has 28 heavy (non-hydrogen) atoms. The van der Waals surface area contributed by atoms with Gasteiger partial charge >= 0.3 is 0 Å². The average molecular weight is 389 g/mol. The molecular formula is C21H32N4O3. The molecule has 7 heteroatoms. The fourth-order valence-corrected chi connectivity index (χ4v) is 3.83. The van der Waals surface area contributed by atoms with Gasteiger partial charge in [0, 0.05) is 57.6 Å². The minimum atomic E-state index is -0.0871. The van der Waals surface area contributed by atoms with Gasteiger partial charge in [0.1, 0.15) is 0 Å². The highest BCUT2D eigenvalue weighted by Gasteiger charge is 2.29. The Hall–Kier alpha value is -1.99. The first-order chi connectivity index (χ1) is 13.7. The number of piperidine rings is 1. The third-order valence-corrected chi connectivity index (χ3v) is 5.51. The van der Waals surface area contributed by atoms with Gasteiger partial charge in [0.05, 0.1) is 19.1 Å². The predicted octanol–water partition coefficient (Wildman–Crippen LogP) is 1.09. The van der Waals surface area contributed by atoms with Crippen LogP contribution in [0.5, 0.6) is 0 Å². The van der Waals surface area contributed by atoms with Crippen molar-refractivity contribution in [3.05, 3.63) is 30.1 Å². The van der Waals surface area contributed by atoms with E-state index in [-0.39, 0.29) is 17.7 Å². The predicted molar refractivity (Wildman–Crippen MR) is 107 cm³/mol. The maximum atomic E-state index is 12.5. The molecule has 0 radical (unpaired) electrons. The number of aryl methyl sites for hydroxylation is 1. The van der Waals surface area contributed by atoms with Crippen LogP contribution in [0.2, 0.25) is 0 Å². The quantitative estimate of drug-likeness (QED) is 0.641. The Labute approximate surface area is 167 Å². The summed E-state index contributed by atoms with van der Waals surface area (Å²) in [5.41, 5.74) is 1.05. The van der Waals surface area contributed by atoms with Crippen molar-refractivity contribution in [3.63, 3.8) is 0 Å². The van der Waals surface area contributed by atoms with Gasteiger partial charge in [-0.15, -0.1) is 0 Å². The number of morpholine rings is 1. The number of hydrogen-bond donors (Lipinski definition) is 1. The number of ether oxygens (including phenoxy) is 1. The second-order valence-corrected chi connectivity index (χ2v) is 7.60. The Morgan fingerprint density at radius 2 is 2.07 bits per heavy atom. The van der Waals surface area contributed by atoms with Crippen LogP contribution in [0.1, 0.15) is 31.4 Å². The van der Waals surface area contributed by atoms with Crippen LogP contribution in [0, 0.1) is 5.92 Å². The van der Waals surface area contributed by atoms with Crippen molar-refractivity contribution in [2.24, 2.45) is 5.92 Å². The first kappa shape index (κ1) is 20.7. The van der Waals surface area contributed by atoms with E-state index in [2.05, 4.69) is 15.2 Å². The zero-order valence-electron chi connectivity index (χ0n) is 16.6. The van der Waals surface area contributed by atoms with Crippen molar-refractivity contribution in [2.75, 3.05) is 52.5 Å². The number of amides is 2. The second kappa shape index (κ2) is 11.1. The molecule has 2 saturated heterocycles. The summed E-state index contributed by atoms with van der Waals surface area (Å²) in [7, 11) is 0. The van der Waals surface area contributed by atoms with E-state index in [9.17, 15) is 9.59 Å². The summed E-state index contributed by atoms with van der Waals surface area (Å²) in [4.78, 5) is 33.3. The molecule has 1 aromatic rings. The number of pyridine rings is 1. The summed E-state index contributed by atoms with van der Waals surface area (Å²) in [5.74, 6) is 0.170. The van der Waals surface area contributed by atoms with Crippen LogP contribution in [0.3, 0.4) is 0 Å². The van der Waals surface area contributed by atoms with Gasteiger partial charge in [-0.2, -0.15) is 0 Å². The minimum absolute atomic E-state index is 0.0756. The first-order valence-corrected chi connectivity index (χ1v) is 10.5. The third kappa shape index (κ3) is 6.56. The molecule has 2 aliphatic heterocycles. The Kier molecular flexibility index (Phi) is 8.23. The molecule has 1 unspecified atom stereocenters. The molecule has 2 aliphatic rings. The molecule has 2 amide bonds. The molecule has 0 spiro atoms. The first-order valence-electron chi connectivity index (χ1n) is 10.5. The van der Waals surface area contributed by atoms with Gasteiger partial charge in [-0.05, 0) is 37.8 Å². The van der Waals surface area contributed by atoms with Crippen LogP contribution in [0.15, 0.2) is 24.4 Å². The lowest BCUT2D eigenvalue weighted by Gasteiger charge is -2.33. The number of likely N-dealkylation sites (tertiary alicyclic amines) is 1. The van der Waals surface area contributed by atoms with Crippen molar-refractivity contribution in [1.29, 1.82) is 0 Å². The van der Waals surface area contributed by atoms with E-state index in [1.54, 1.807) is 6.20 Å². The number of hydrogen-bond acceptors (Lipinski definition) is 5. The highest BCUT2D eigenvalue weighted by Crippen LogP contribution is 2.18. The fraction of sp³-hybridized carbons (Fsp3) is 0.667. The van der Waals surface area contributed by atoms with Gasteiger partial charge in [0.15, 0.2) is 0 Å². The fourth-order valence-electron chi connectivity index (χ4n) is 3.83. The van der Waals surface area contributed by atoms with E-state index in [1.807, 2.05) is 23.1 Å². The second-order valence-electron chi connectivity index (χ2n) is 7.60. The van der Waals surface area contributed by atoms with Crippen LogP contribution in [0.25, 0.3) is 0 Å². The summed E-state index contributed by atoms with van der Waals surface area (Å²) in [6.07, 6.45) is 5.61. The Morgan fingerprint density at radius 1 is 1.21 bits per heavy atom. The maximum Gasteiger partial charge on any atom is 0.224 e. The van der Waals surface area contributed by atoms with Crippen molar-refractivity contribution < 1.29 is 14.3 Å². The number of nitrogens with one attached hydrogen (secondary N) is 1. The highest BCUT2D eigenvalue weighted by molar-refractivity contribution is 5.83. The molecule has 0 bridgehead atoms. The van der Waals surface area contributed by atoms with Crippen LogP contribution in [-0.4, -0.2) is 79.1 Å². The van der Waals surface area contributed by atoms with E-state index < -0.39 is 0 Å². The van der Waals surface area contributed by atoms with E-state index in [4.69, 9.17) is 4.74 Å². The molecule has 0 aliphatic carbocycles. The van der Waals surface area contributed by atoms with E-state index in [1.165, 1.54) is 0 Å². The van der Waals surface area contributed by atoms with Crippen LogP contribution in [0.4, 0.5) is 0 Å². The minimum Gasteiger partial charge on any atom is -0.379 e. The molecule has 1 aromatic heterocycles. The monoisotopic (exact) mass is 388 g/mol. The van der Waals surface area contributed by atoms with E-state index >= 15 is 0 Å². The van der Waals surface area contributed by atoms with Gasteiger partial charge in [-0.1, -0.05) is 6.07 Å². The number of nitrogens with zero attached hydrogens (tertiary/aromatic N) is 3. The Morgan fingerprint density at radius 3 is 2.86 bits per heavy atom. The number of carbonyl (C=O) groups excluding carboxylic acids is 2. The zero-order chi connectivity index (χ0) is 19.6. The average Bonchev–Trinajstić information content (AvgIpc) is 2.74.